The van der Waals surface area contributed by atoms with Gasteiger partial charge in [-0.05, 0) is 67.1 Å². The lowest BCUT2D eigenvalue weighted by Gasteiger charge is -2.08. The lowest BCUT2D eigenvalue weighted by molar-refractivity contribution is -0.117. The van der Waals surface area contributed by atoms with Crippen LogP contribution in [0.5, 0.6) is 0 Å². The fraction of sp³-hybridized carbons (Fsp3) is 0.190. The number of hydrogen-bond acceptors (Lipinski definition) is 1. The number of carbonyl (C=O) groups is 1. The molecule has 0 radical (unpaired) electrons. The van der Waals surface area contributed by atoms with Crippen molar-refractivity contribution in [3.63, 3.8) is 0 Å². The average Bonchev–Trinajstić information content (AvgIpc) is 3.02. The first-order chi connectivity index (χ1) is 11.5. The van der Waals surface area contributed by atoms with Gasteiger partial charge in [0.2, 0.25) is 5.91 Å². The fourth-order valence-corrected chi connectivity index (χ4v) is 2.70. The zero-order valence-electron chi connectivity index (χ0n) is 14.3. The van der Waals surface area contributed by atoms with E-state index in [4.69, 9.17) is 0 Å². The Kier molecular flexibility index (Phi) is 4.52. The third-order valence-electron chi connectivity index (χ3n) is 3.96. The van der Waals surface area contributed by atoms with Gasteiger partial charge < -0.3 is 10.3 Å². The van der Waals surface area contributed by atoms with E-state index in [2.05, 4.69) is 46.7 Å². The van der Waals surface area contributed by atoms with Crippen LogP contribution in [0.25, 0.3) is 28.1 Å². The van der Waals surface area contributed by atoms with Crippen molar-refractivity contribution >= 4 is 22.9 Å². The molecule has 3 heteroatoms. The Morgan fingerprint density at radius 1 is 1.04 bits per heavy atom. The lowest BCUT2D eigenvalue weighted by atomic mass is 10.0. The van der Waals surface area contributed by atoms with Gasteiger partial charge in [0.05, 0.1) is 0 Å². The summed E-state index contributed by atoms with van der Waals surface area (Å²) in [4.78, 5) is 15.2. The Morgan fingerprint density at radius 2 is 1.75 bits per heavy atom. The molecule has 122 valence electrons. The number of amides is 1. The predicted molar refractivity (Wildman–Crippen MR) is 101 cm³/mol. The molecule has 0 saturated carbocycles. The predicted octanol–water partition coefficient (Wildman–Crippen LogP) is 4.76. The first-order valence-corrected chi connectivity index (χ1v) is 8.19. The van der Waals surface area contributed by atoms with Gasteiger partial charge >= 0.3 is 0 Å². The summed E-state index contributed by atoms with van der Waals surface area (Å²) in [5.41, 5.74) is 5.24. The van der Waals surface area contributed by atoms with Crippen molar-refractivity contribution < 1.29 is 4.79 Å². The van der Waals surface area contributed by atoms with Crippen molar-refractivity contribution in [2.24, 2.45) is 0 Å². The fourth-order valence-electron chi connectivity index (χ4n) is 2.70. The molecule has 0 aliphatic heterocycles. The van der Waals surface area contributed by atoms with E-state index in [-0.39, 0.29) is 11.9 Å². The number of rotatable bonds is 4. The van der Waals surface area contributed by atoms with E-state index in [0.717, 1.165) is 11.1 Å². The number of aromatic amines is 1. The molecule has 0 saturated heterocycles. The zero-order valence-corrected chi connectivity index (χ0v) is 14.3. The number of fused-ring (bicyclic) bond motifs is 1. The van der Waals surface area contributed by atoms with Crippen molar-refractivity contribution in [1.29, 1.82) is 0 Å². The molecular weight excluding hydrogens is 296 g/mol. The molecule has 0 unspecified atom stereocenters. The minimum Gasteiger partial charge on any atom is -0.361 e. The highest BCUT2D eigenvalue weighted by Gasteiger charge is 2.06. The van der Waals surface area contributed by atoms with Crippen LogP contribution >= 0.6 is 0 Å². The van der Waals surface area contributed by atoms with Crippen LogP contribution in [0.2, 0.25) is 0 Å². The summed E-state index contributed by atoms with van der Waals surface area (Å²) in [7, 11) is 0. The summed E-state index contributed by atoms with van der Waals surface area (Å²) in [5, 5.41) is 4.11. The van der Waals surface area contributed by atoms with Crippen LogP contribution in [-0.4, -0.2) is 16.9 Å². The molecule has 1 heterocycles. The minimum atomic E-state index is -0.0213. The Hall–Kier alpha value is -2.81. The summed E-state index contributed by atoms with van der Waals surface area (Å²) < 4.78 is 0. The summed E-state index contributed by atoms with van der Waals surface area (Å²) in [6.45, 7) is 5.76. The number of hydrogen-bond donors (Lipinski definition) is 2. The first kappa shape index (κ1) is 16.1. The van der Waals surface area contributed by atoms with E-state index in [9.17, 15) is 4.79 Å². The molecular formula is C21H22N2O. The number of nitrogens with one attached hydrogen (secondary N) is 2. The normalized spacial score (nSPS) is 11.9. The maximum atomic E-state index is 12.0. The SMILES string of the molecule is C/C(=C\c1ccc(-c2ccc3[nH]ccc3c2)cc1)C(=O)NC(C)C. The van der Waals surface area contributed by atoms with E-state index in [1.54, 1.807) is 0 Å². The van der Waals surface area contributed by atoms with Gasteiger partial charge in [0.25, 0.3) is 0 Å². The molecule has 0 fully saturated rings. The van der Waals surface area contributed by atoms with Gasteiger partial charge in [0.15, 0.2) is 0 Å². The smallest absolute Gasteiger partial charge is 0.247 e. The van der Waals surface area contributed by atoms with Crippen molar-refractivity contribution in [3.05, 3.63) is 65.9 Å². The van der Waals surface area contributed by atoms with Crippen LogP contribution in [0.15, 0.2) is 60.3 Å². The molecule has 1 amide bonds. The van der Waals surface area contributed by atoms with Gasteiger partial charge in [-0.3, -0.25) is 4.79 Å². The summed E-state index contributed by atoms with van der Waals surface area (Å²) in [5.74, 6) is -0.0213. The molecule has 2 aromatic carbocycles. The van der Waals surface area contributed by atoms with Gasteiger partial charge in [0, 0.05) is 23.3 Å². The topological polar surface area (TPSA) is 44.9 Å². The van der Waals surface area contributed by atoms with E-state index in [1.165, 1.54) is 16.5 Å². The molecule has 2 N–H and O–H groups in total. The second-order valence-corrected chi connectivity index (χ2v) is 6.36. The maximum Gasteiger partial charge on any atom is 0.247 e. The minimum absolute atomic E-state index is 0.0213. The number of benzene rings is 2. The molecule has 3 aromatic rings. The highest BCUT2D eigenvalue weighted by atomic mass is 16.1. The van der Waals surface area contributed by atoms with Crippen LogP contribution in [-0.2, 0) is 4.79 Å². The van der Waals surface area contributed by atoms with Gasteiger partial charge in [0.1, 0.15) is 0 Å². The molecule has 3 rings (SSSR count). The van der Waals surface area contributed by atoms with Crippen molar-refractivity contribution in [2.75, 3.05) is 0 Å². The third-order valence-corrected chi connectivity index (χ3v) is 3.96. The Balaban J connectivity index is 1.81. The third kappa shape index (κ3) is 3.57. The average molecular weight is 318 g/mol. The van der Waals surface area contributed by atoms with E-state index in [0.29, 0.717) is 5.57 Å². The second-order valence-electron chi connectivity index (χ2n) is 6.36. The van der Waals surface area contributed by atoms with Gasteiger partial charge in [-0.2, -0.15) is 0 Å². The standard InChI is InChI=1S/C21H22N2O/c1-14(2)23-21(24)15(3)12-16-4-6-17(7-5-16)18-8-9-20-19(13-18)10-11-22-20/h4-14,22H,1-3H3,(H,23,24)/b15-12+. The highest BCUT2D eigenvalue weighted by molar-refractivity contribution is 5.97. The molecule has 0 atom stereocenters. The Labute approximate surface area is 142 Å². The van der Waals surface area contributed by atoms with Gasteiger partial charge in [-0.1, -0.05) is 30.3 Å². The van der Waals surface area contributed by atoms with E-state index < -0.39 is 0 Å². The summed E-state index contributed by atoms with van der Waals surface area (Å²) in [6.07, 6.45) is 3.87. The Morgan fingerprint density at radius 3 is 2.46 bits per heavy atom. The monoisotopic (exact) mass is 318 g/mol. The molecule has 1 aromatic heterocycles. The van der Waals surface area contributed by atoms with E-state index >= 15 is 0 Å². The highest BCUT2D eigenvalue weighted by Crippen LogP contribution is 2.24. The van der Waals surface area contributed by atoms with E-state index in [1.807, 2.05) is 45.2 Å². The number of H-pyrrole nitrogens is 1. The molecule has 0 aliphatic carbocycles. The number of carbonyl (C=O) groups excluding carboxylic acids is 1. The Bertz CT molecular complexity index is 886. The van der Waals surface area contributed by atoms with Gasteiger partial charge in [-0.25, -0.2) is 0 Å². The van der Waals surface area contributed by atoms with Crippen LogP contribution in [0, 0.1) is 0 Å². The van der Waals surface area contributed by atoms with Crippen LogP contribution < -0.4 is 5.32 Å². The summed E-state index contributed by atoms with van der Waals surface area (Å²) in [6, 6.07) is 16.9. The first-order valence-electron chi connectivity index (χ1n) is 8.19. The molecule has 0 spiro atoms. The largest absolute Gasteiger partial charge is 0.361 e. The van der Waals surface area contributed by atoms with Crippen molar-refractivity contribution in [3.8, 4) is 11.1 Å². The quantitative estimate of drug-likeness (QED) is 0.669. The van der Waals surface area contributed by atoms with Crippen LogP contribution in [0.1, 0.15) is 26.3 Å². The molecule has 24 heavy (non-hydrogen) atoms. The molecule has 3 nitrogen and oxygen atoms in total. The molecule has 0 bridgehead atoms. The second kappa shape index (κ2) is 6.75. The number of aromatic nitrogens is 1. The van der Waals surface area contributed by atoms with Crippen molar-refractivity contribution in [2.45, 2.75) is 26.8 Å². The summed E-state index contributed by atoms with van der Waals surface area (Å²) >= 11 is 0. The van der Waals surface area contributed by atoms with Crippen LogP contribution in [0.4, 0.5) is 0 Å². The lowest BCUT2D eigenvalue weighted by Crippen LogP contribution is -2.30. The zero-order chi connectivity index (χ0) is 17.1. The maximum absolute atomic E-state index is 12.0. The molecule has 0 aliphatic rings. The van der Waals surface area contributed by atoms with Gasteiger partial charge in [-0.15, -0.1) is 0 Å². The van der Waals surface area contributed by atoms with Crippen molar-refractivity contribution in [1.82, 2.24) is 10.3 Å². The van der Waals surface area contributed by atoms with Crippen LogP contribution in [0.3, 0.4) is 0 Å².